The molecule has 1 aromatic heterocycles. The number of unbranched alkanes of at least 4 members (excludes halogenated alkanes) is 4. The Kier molecular flexibility index (Phi) is 13.0. The molecule has 1 aliphatic rings. The molecule has 1 aliphatic heterocycles. The van der Waals surface area contributed by atoms with Crippen molar-refractivity contribution in [3.8, 4) is 11.9 Å². The summed E-state index contributed by atoms with van der Waals surface area (Å²) in [5.74, 6) is 1.22. The van der Waals surface area contributed by atoms with E-state index in [-0.39, 0.29) is 6.01 Å². The summed E-state index contributed by atoms with van der Waals surface area (Å²) in [6.45, 7) is 8.60. The molecule has 2 heterocycles. The van der Waals surface area contributed by atoms with Gasteiger partial charge in [-0.2, -0.15) is 4.98 Å². The molecule has 38 heavy (non-hydrogen) atoms. The van der Waals surface area contributed by atoms with Crippen LogP contribution in [0, 0.1) is 0 Å². The quantitative estimate of drug-likeness (QED) is 0.180. The molecule has 0 bridgehead atoms. The topological polar surface area (TPSA) is 85.7 Å². The van der Waals surface area contributed by atoms with E-state index in [9.17, 15) is 5.11 Å². The van der Waals surface area contributed by atoms with Crippen LogP contribution in [0.15, 0.2) is 43.1 Å². The highest BCUT2D eigenvalue weighted by molar-refractivity contribution is 5.31. The Morgan fingerprint density at radius 1 is 1.08 bits per heavy atom. The number of ether oxygens (including phenoxy) is 3. The molecule has 3 rings (SSSR count). The Labute approximate surface area is 229 Å². The summed E-state index contributed by atoms with van der Waals surface area (Å²) in [5, 5.41) is 14.2. The highest BCUT2D eigenvalue weighted by Gasteiger charge is 2.28. The highest BCUT2D eigenvalue weighted by Crippen LogP contribution is 2.31. The van der Waals surface area contributed by atoms with E-state index < -0.39 is 6.10 Å². The molecule has 1 saturated heterocycles. The number of hydrogen-bond acceptors (Lipinski definition) is 7. The number of aliphatic hydroxyl groups is 1. The van der Waals surface area contributed by atoms with E-state index in [2.05, 4.69) is 59.1 Å². The van der Waals surface area contributed by atoms with Gasteiger partial charge in [0.05, 0.1) is 32.5 Å². The molecule has 0 amide bonds. The van der Waals surface area contributed by atoms with E-state index in [4.69, 9.17) is 14.2 Å². The summed E-state index contributed by atoms with van der Waals surface area (Å²) in [7, 11) is 3.02. The number of nitrogens with one attached hydrogen (secondary N) is 1. The van der Waals surface area contributed by atoms with Crippen LogP contribution in [0.2, 0.25) is 0 Å². The van der Waals surface area contributed by atoms with Gasteiger partial charge in [-0.15, -0.1) is 6.58 Å². The number of aliphatic hydroxyl groups excluding tert-OH is 1. The Balaban J connectivity index is 1.43. The number of allylic oxidation sites excluding steroid dienone is 1. The van der Waals surface area contributed by atoms with Gasteiger partial charge in [-0.1, -0.05) is 69.4 Å². The average Bonchev–Trinajstić information content (AvgIpc) is 3.43. The molecular formula is C31H47N3O4. The van der Waals surface area contributed by atoms with E-state index >= 15 is 0 Å². The fraction of sp³-hybridized carbons (Fsp3) is 0.613. The van der Waals surface area contributed by atoms with Gasteiger partial charge in [-0.3, -0.25) is 0 Å². The highest BCUT2D eigenvalue weighted by atomic mass is 16.5. The minimum absolute atomic E-state index is 0.215. The van der Waals surface area contributed by atoms with E-state index in [0.29, 0.717) is 49.0 Å². The van der Waals surface area contributed by atoms with Gasteiger partial charge >= 0.3 is 6.01 Å². The second kappa shape index (κ2) is 16.5. The van der Waals surface area contributed by atoms with Gasteiger partial charge in [0, 0.05) is 30.7 Å². The minimum atomic E-state index is -0.717. The van der Waals surface area contributed by atoms with Crippen LogP contribution >= 0.6 is 0 Å². The third kappa shape index (κ3) is 8.79. The number of nitrogens with zero attached hydrogens (tertiary/aromatic N) is 2. The zero-order valence-corrected chi connectivity index (χ0v) is 23.5. The molecule has 7 heteroatoms. The molecule has 0 aliphatic carbocycles. The first kappa shape index (κ1) is 30.1. The lowest BCUT2D eigenvalue weighted by Crippen LogP contribution is -2.31. The second-order valence-electron chi connectivity index (χ2n) is 10.2. The summed E-state index contributed by atoms with van der Waals surface area (Å²) in [6.07, 6.45) is 13.1. The van der Waals surface area contributed by atoms with Crippen LogP contribution in [0.25, 0.3) is 0 Å². The largest absolute Gasteiger partial charge is 0.481 e. The zero-order valence-electron chi connectivity index (χ0n) is 23.5. The van der Waals surface area contributed by atoms with Gasteiger partial charge in [0.2, 0.25) is 5.88 Å². The van der Waals surface area contributed by atoms with Crippen LogP contribution in [0.1, 0.15) is 99.3 Å². The van der Waals surface area contributed by atoms with E-state index in [0.717, 1.165) is 19.4 Å². The van der Waals surface area contributed by atoms with Crippen molar-refractivity contribution in [3.63, 3.8) is 0 Å². The summed E-state index contributed by atoms with van der Waals surface area (Å²) in [4.78, 5) is 8.23. The van der Waals surface area contributed by atoms with Crippen molar-refractivity contribution in [1.29, 1.82) is 0 Å². The van der Waals surface area contributed by atoms with Gasteiger partial charge in [-0.25, -0.2) is 4.98 Å². The molecule has 7 nitrogen and oxygen atoms in total. The Morgan fingerprint density at radius 3 is 2.58 bits per heavy atom. The van der Waals surface area contributed by atoms with Crippen LogP contribution in [-0.2, 0) is 4.74 Å². The molecule has 4 atom stereocenters. The molecule has 210 valence electrons. The van der Waals surface area contributed by atoms with Gasteiger partial charge in [0.15, 0.2) is 0 Å². The van der Waals surface area contributed by atoms with Crippen LogP contribution < -0.4 is 14.8 Å². The predicted octanol–water partition coefficient (Wildman–Crippen LogP) is 6.10. The average molecular weight is 526 g/mol. The van der Waals surface area contributed by atoms with Crippen molar-refractivity contribution < 1.29 is 19.3 Å². The first-order valence-electron chi connectivity index (χ1n) is 14.3. The van der Waals surface area contributed by atoms with E-state index in [1.165, 1.54) is 63.9 Å². The first-order valence-corrected chi connectivity index (χ1v) is 14.3. The normalized spacial score (nSPS) is 18.7. The maximum atomic E-state index is 10.6. The zero-order chi connectivity index (χ0) is 27.2. The number of methoxy groups -OCH3 is 2. The fourth-order valence-corrected chi connectivity index (χ4v) is 5.32. The monoisotopic (exact) mass is 525 g/mol. The van der Waals surface area contributed by atoms with Crippen LogP contribution in [-0.4, -0.2) is 55.1 Å². The first-order chi connectivity index (χ1) is 18.6. The second-order valence-corrected chi connectivity index (χ2v) is 10.2. The Morgan fingerprint density at radius 2 is 1.87 bits per heavy atom. The number of benzene rings is 1. The van der Waals surface area contributed by atoms with Crippen LogP contribution in [0.5, 0.6) is 11.9 Å². The summed E-state index contributed by atoms with van der Waals surface area (Å²) in [6, 6.07) is 9.70. The molecule has 4 unspecified atom stereocenters. The smallest absolute Gasteiger partial charge is 0.319 e. The standard InChI is InChI=1S/C31H47N3O4/c1-5-7-8-9-10-12-23(6-2)24-14-16-25(17-15-24)26-18-19-32-28(26)22-38-20-11-13-29(35)27-21-33-31(37-4)34-30(27)36-3/h6,14-17,21,23,26,28-29,32,35H,2,5,7-13,18-20,22H2,1,3-4H3. The minimum Gasteiger partial charge on any atom is -0.481 e. The number of hydrogen-bond donors (Lipinski definition) is 2. The maximum absolute atomic E-state index is 10.6. The van der Waals surface area contributed by atoms with E-state index in [1.807, 2.05) is 0 Å². The predicted molar refractivity (Wildman–Crippen MR) is 152 cm³/mol. The Hall–Kier alpha value is -2.48. The fourth-order valence-electron chi connectivity index (χ4n) is 5.32. The molecular weight excluding hydrogens is 478 g/mol. The summed E-state index contributed by atoms with van der Waals surface area (Å²) in [5.41, 5.74) is 3.31. The third-order valence-corrected chi connectivity index (χ3v) is 7.60. The Bertz CT molecular complexity index is 953. The van der Waals surface area contributed by atoms with Gasteiger partial charge in [0.1, 0.15) is 0 Å². The van der Waals surface area contributed by atoms with Gasteiger partial charge in [0.25, 0.3) is 0 Å². The van der Waals surface area contributed by atoms with Crippen LogP contribution in [0.3, 0.4) is 0 Å². The third-order valence-electron chi connectivity index (χ3n) is 7.60. The van der Waals surface area contributed by atoms with Crippen molar-refractivity contribution in [2.45, 2.75) is 88.7 Å². The van der Waals surface area contributed by atoms with Crippen molar-refractivity contribution in [2.24, 2.45) is 0 Å². The lowest BCUT2D eigenvalue weighted by atomic mass is 9.88. The molecule has 1 aromatic carbocycles. The lowest BCUT2D eigenvalue weighted by molar-refractivity contribution is 0.0913. The molecule has 2 N–H and O–H groups in total. The summed E-state index contributed by atoms with van der Waals surface area (Å²) >= 11 is 0. The van der Waals surface area contributed by atoms with Crippen LogP contribution in [0.4, 0.5) is 0 Å². The van der Waals surface area contributed by atoms with Crippen molar-refractivity contribution in [1.82, 2.24) is 15.3 Å². The van der Waals surface area contributed by atoms with E-state index in [1.54, 1.807) is 6.20 Å². The molecule has 2 aromatic rings. The molecule has 0 radical (unpaired) electrons. The molecule has 1 fully saturated rings. The maximum Gasteiger partial charge on any atom is 0.319 e. The van der Waals surface area contributed by atoms with Crippen molar-refractivity contribution in [2.75, 3.05) is 34.0 Å². The van der Waals surface area contributed by atoms with Crippen molar-refractivity contribution in [3.05, 3.63) is 59.8 Å². The lowest BCUT2D eigenvalue weighted by Gasteiger charge is -2.21. The van der Waals surface area contributed by atoms with Gasteiger partial charge in [-0.05, 0) is 43.4 Å². The summed E-state index contributed by atoms with van der Waals surface area (Å²) < 4.78 is 16.3. The number of aromatic nitrogens is 2. The SMILES string of the molecule is C=CC(CCCCCCC)c1ccc(C2CCNC2COCCCC(O)c2cnc(OC)nc2OC)cc1. The number of rotatable bonds is 18. The van der Waals surface area contributed by atoms with Gasteiger partial charge < -0.3 is 24.6 Å². The molecule has 0 spiro atoms. The molecule has 0 saturated carbocycles. The van der Waals surface area contributed by atoms with Crippen molar-refractivity contribution >= 4 is 0 Å².